The number of halogens is 3. The van der Waals surface area contributed by atoms with Gasteiger partial charge in [-0.25, -0.2) is 0 Å². The lowest BCUT2D eigenvalue weighted by Crippen LogP contribution is -2.40. The fourth-order valence-electron chi connectivity index (χ4n) is 1.58. The monoisotopic (exact) mass is 275 g/mol. The number of nitrogens with two attached hydrogens (primary N) is 1. The molecule has 0 radical (unpaired) electrons. The first-order chi connectivity index (χ1) is 8.88. The molecule has 1 aromatic carbocycles. The fraction of sp³-hybridized carbons (Fsp3) is 0.417. The van der Waals surface area contributed by atoms with Gasteiger partial charge >= 0.3 is 6.18 Å². The molecule has 0 fully saturated rings. The van der Waals surface area contributed by atoms with Crippen molar-refractivity contribution < 1.29 is 18.4 Å². The van der Waals surface area contributed by atoms with E-state index < -0.39 is 11.7 Å². The lowest BCUT2D eigenvalue weighted by Gasteiger charge is -2.15. The van der Waals surface area contributed by atoms with Crippen molar-refractivity contribution in [3.05, 3.63) is 35.4 Å². The zero-order valence-electron chi connectivity index (χ0n) is 10.4. The van der Waals surface area contributed by atoms with Crippen LogP contribution in [0.5, 0.6) is 0 Å². The smallest absolute Gasteiger partial charge is 0.409 e. The first kappa shape index (κ1) is 15.3. The highest BCUT2D eigenvalue weighted by Gasteiger charge is 2.29. The second-order valence-corrected chi connectivity index (χ2v) is 4.06. The van der Waals surface area contributed by atoms with Crippen LogP contribution in [-0.2, 0) is 12.7 Å². The van der Waals surface area contributed by atoms with Crippen LogP contribution in [0.3, 0.4) is 0 Å². The van der Waals surface area contributed by atoms with E-state index in [-0.39, 0.29) is 11.9 Å². The van der Waals surface area contributed by atoms with Crippen molar-refractivity contribution in [2.45, 2.75) is 32.1 Å². The molecule has 7 heteroatoms. The number of nitrogens with zero attached hydrogens (tertiary/aromatic N) is 1. The molecule has 0 amide bonds. The third kappa shape index (κ3) is 4.44. The van der Waals surface area contributed by atoms with Gasteiger partial charge in [0.2, 0.25) is 0 Å². The number of benzene rings is 1. The summed E-state index contributed by atoms with van der Waals surface area (Å²) in [5, 5.41) is 14.5. The average molecular weight is 275 g/mol. The lowest BCUT2D eigenvalue weighted by molar-refractivity contribution is -0.137. The molecular formula is C12H16F3N3O. The number of oxime groups is 1. The van der Waals surface area contributed by atoms with E-state index in [1.165, 1.54) is 12.1 Å². The highest BCUT2D eigenvalue weighted by atomic mass is 19.4. The quantitative estimate of drug-likeness (QED) is 0.334. The van der Waals surface area contributed by atoms with Gasteiger partial charge in [0.05, 0.1) is 11.6 Å². The molecule has 4 N–H and O–H groups in total. The Hall–Kier alpha value is -1.76. The van der Waals surface area contributed by atoms with Crippen LogP contribution in [0.1, 0.15) is 24.5 Å². The summed E-state index contributed by atoms with van der Waals surface area (Å²) in [4.78, 5) is 0. The van der Waals surface area contributed by atoms with Crippen molar-refractivity contribution in [2.75, 3.05) is 0 Å². The number of hydrogen-bond acceptors (Lipinski definition) is 3. The molecule has 0 bridgehead atoms. The van der Waals surface area contributed by atoms with E-state index in [2.05, 4.69) is 10.5 Å². The van der Waals surface area contributed by atoms with Crippen molar-refractivity contribution in [1.29, 1.82) is 0 Å². The Labute approximate surface area is 109 Å². The molecule has 0 aliphatic rings. The minimum Gasteiger partial charge on any atom is -0.409 e. The van der Waals surface area contributed by atoms with E-state index in [0.29, 0.717) is 18.5 Å². The van der Waals surface area contributed by atoms with Gasteiger partial charge in [-0.1, -0.05) is 24.2 Å². The van der Waals surface area contributed by atoms with Crippen LogP contribution in [0.25, 0.3) is 0 Å². The summed E-state index contributed by atoms with van der Waals surface area (Å²) in [5.74, 6) is 0.0504. The Bertz CT molecular complexity index is 429. The molecular weight excluding hydrogens is 259 g/mol. The second-order valence-electron chi connectivity index (χ2n) is 4.06. The summed E-state index contributed by atoms with van der Waals surface area (Å²) in [6.07, 6.45) is -3.72. The van der Waals surface area contributed by atoms with Crippen LogP contribution in [-0.4, -0.2) is 17.1 Å². The molecule has 0 heterocycles. The predicted octanol–water partition coefficient (Wildman–Crippen LogP) is 2.32. The molecule has 1 unspecified atom stereocenters. The molecule has 0 aliphatic heterocycles. The molecule has 0 spiro atoms. The Morgan fingerprint density at radius 1 is 1.37 bits per heavy atom. The van der Waals surface area contributed by atoms with Gasteiger partial charge in [-0.15, -0.1) is 0 Å². The van der Waals surface area contributed by atoms with Crippen molar-refractivity contribution >= 4 is 5.84 Å². The minimum absolute atomic E-state index is 0.0504. The van der Waals surface area contributed by atoms with Crippen LogP contribution >= 0.6 is 0 Å². The van der Waals surface area contributed by atoms with Gasteiger partial charge in [-0.05, 0) is 24.1 Å². The maximum atomic E-state index is 12.4. The van der Waals surface area contributed by atoms with Crippen LogP contribution in [0.4, 0.5) is 13.2 Å². The summed E-state index contributed by atoms with van der Waals surface area (Å²) in [6.45, 7) is 2.19. The van der Waals surface area contributed by atoms with E-state index in [4.69, 9.17) is 10.9 Å². The second kappa shape index (κ2) is 6.42. The molecule has 19 heavy (non-hydrogen) atoms. The van der Waals surface area contributed by atoms with Gasteiger partial charge in [0.25, 0.3) is 0 Å². The fourth-order valence-corrected chi connectivity index (χ4v) is 1.58. The third-order valence-electron chi connectivity index (χ3n) is 2.71. The number of rotatable bonds is 5. The third-order valence-corrected chi connectivity index (χ3v) is 2.71. The molecule has 1 rings (SSSR count). The molecule has 1 aromatic rings. The van der Waals surface area contributed by atoms with E-state index in [9.17, 15) is 13.2 Å². The molecule has 0 saturated carbocycles. The zero-order chi connectivity index (χ0) is 14.5. The van der Waals surface area contributed by atoms with E-state index in [0.717, 1.165) is 12.1 Å². The van der Waals surface area contributed by atoms with Gasteiger partial charge in [0, 0.05) is 6.54 Å². The Balaban J connectivity index is 2.64. The maximum Gasteiger partial charge on any atom is 0.416 e. The molecule has 0 saturated heterocycles. The van der Waals surface area contributed by atoms with Crippen LogP contribution < -0.4 is 11.1 Å². The summed E-state index contributed by atoms with van der Waals surface area (Å²) in [7, 11) is 0. The van der Waals surface area contributed by atoms with Gasteiger partial charge in [0.15, 0.2) is 5.84 Å². The highest BCUT2D eigenvalue weighted by molar-refractivity contribution is 5.85. The van der Waals surface area contributed by atoms with E-state index in [1.807, 2.05) is 6.92 Å². The standard InChI is InChI=1S/C12H16F3N3O/c1-2-10(11(16)18-19)17-7-8-3-5-9(6-4-8)12(13,14)15/h3-6,10,17,19H,2,7H2,1H3,(H2,16,18). The first-order valence-electron chi connectivity index (χ1n) is 5.75. The van der Waals surface area contributed by atoms with Gasteiger partial charge in [0.1, 0.15) is 0 Å². The topological polar surface area (TPSA) is 70.6 Å². The Kier molecular flexibility index (Phi) is 5.17. The molecule has 0 aromatic heterocycles. The predicted molar refractivity (Wildman–Crippen MR) is 65.8 cm³/mol. The summed E-state index contributed by atoms with van der Waals surface area (Å²) in [5.41, 5.74) is 5.47. The number of nitrogens with one attached hydrogen (secondary N) is 1. The summed E-state index contributed by atoms with van der Waals surface area (Å²) >= 11 is 0. The summed E-state index contributed by atoms with van der Waals surface area (Å²) in [6, 6.07) is 4.54. The van der Waals surface area contributed by atoms with Crippen molar-refractivity contribution in [3.8, 4) is 0 Å². The first-order valence-corrected chi connectivity index (χ1v) is 5.75. The Morgan fingerprint density at radius 2 is 1.95 bits per heavy atom. The summed E-state index contributed by atoms with van der Waals surface area (Å²) < 4.78 is 37.1. The van der Waals surface area contributed by atoms with Crippen LogP contribution in [0.15, 0.2) is 29.4 Å². The van der Waals surface area contributed by atoms with Crippen molar-refractivity contribution in [2.24, 2.45) is 10.9 Å². The largest absolute Gasteiger partial charge is 0.416 e. The molecule has 4 nitrogen and oxygen atoms in total. The van der Waals surface area contributed by atoms with Gasteiger partial charge in [-0.2, -0.15) is 13.2 Å². The normalized spacial score (nSPS) is 14.4. The van der Waals surface area contributed by atoms with Crippen LogP contribution in [0.2, 0.25) is 0 Å². The van der Waals surface area contributed by atoms with E-state index >= 15 is 0 Å². The molecule has 1 atom stereocenters. The average Bonchev–Trinajstić information content (AvgIpc) is 2.38. The van der Waals surface area contributed by atoms with Gasteiger partial charge < -0.3 is 16.3 Å². The van der Waals surface area contributed by atoms with Crippen LogP contribution in [0, 0.1) is 0 Å². The van der Waals surface area contributed by atoms with E-state index in [1.54, 1.807) is 0 Å². The minimum atomic E-state index is -4.33. The molecule has 106 valence electrons. The molecule has 0 aliphatic carbocycles. The Morgan fingerprint density at radius 3 is 2.37 bits per heavy atom. The van der Waals surface area contributed by atoms with Gasteiger partial charge in [-0.3, -0.25) is 0 Å². The number of hydrogen-bond donors (Lipinski definition) is 3. The maximum absolute atomic E-state index is 12.4. The van der Waals surface area contributed by atoms with Crippen molar-refractivity contribution in [1.82, 2.24) is 5.32 Å². The number of alkyl halides is 3. The number of amidine groups is 1. The zero-order valence-corrected chi connectivity index (χ0v) is 10.4. The highest BCUT2D eigenvalue weighted by Crippen LogP contribution is 2.29. The van der Waals surface area contributed by atoms with Crippen molar-refractivity contribution in [3.63, 3.8) is 0 Å². The SMILES string of the molecule is CCC(NCc1ccc(C(F)(F)F)cc1)C(N)=NO. The lowest BCUT2D eigenvalue weighted by atomic mass is 10.1.